The van der Waals surface area contributed by atoms with Crippen molar-refractivity contribution in [3.8, 4) is 0 Å². The molecule has 3 fully saturated rings. The fraction of sp³-hybridized carbons (Fsp3) is 0.891. The lowest BCUT2D eigenvalue weighted by Gasteiger charge is -2.37. The molecule has 3 rings (SSSR count). The van der Waals surface area contributed by atoms with Crippen LogP contribution < -0.4 is 5.32 Å². The normalized spacial score (nSPS) is 16.1. The number of allylic oxidation sites excluding steroid dienone is 1. The molecule has 2 heterocycles. The number of carbonyl (C=O) groups is 5. The largest absolute Gasteiger partial charge is 0.376 e. The summed E-state index contributed by atoms with van der Waals surface area (Å²) in [6.45, 7) is 56.7. The Hall–Kier alpha value is -2.71. The summed E-state index contributed by atoms with van der Waals surface area (Å²) in [7, 11) is 5.23. The molecule has 1 aliphatic carbocycles. The van der Waals surface area contributed by atoms with Gasteiger partial charge in [-0.3, -0.25) is 14.4 Å². The number of Topliss-reactive ketones (excluding diaryl/α,β-unsaturated/α-hetero) is 2. The van der Waals surface area contributed by atoms with Crippen molar-refractivity contribution in [1.29, 1.82) is 0 Å². The minimum Gasteiger partial charge on any atom is -0.376 e. The molecule has 0 aromatic heterocycles. The Balaban J connectivity index is -0.000000112. The molecule has 9 heteroatoms. The number of hydrogen-bond acceptors (Lipinski definition) is 6. The van der Waals surface area contributed by atoms with E-state index in [1.54, 1.807) is 46.8 Å². The first-order valence-electron chi connectivity index (χ1n) is 27.0. The fourth-order valence-corrected chi connectivity index (χ4v) is 7.98. The van der Waals surface area contributed by atoms with Gasteiger partial charge in [0.25, 0.3) is 0 Å². The number of nitrogens with one attached hydrogen (secondary N) is 1. The summed E-state index contributed by atoms with van der Waals surface area (Å²) in [4.78, 5) is 59.7. The summed E-state index contributed by atoms with van der Waals surface area (Å²) < 4.78 is 0. The highest BCUT2D eigenvalue weighted by atomic mass is 16.2. The van der Waals surface area contributed by atoms with Crippen LogP contribution in [0.1, 0.15) is 272 Å². The second kappa shape index (κ2) is 42.4. The molecule has 2 saturated heterocycles. The summed E-state index contributed by atoms with van der Waals surface area (Å²) >= 11 is 0. The van der Waals surface area contributed by atoms with Crippen molar-refractivity contribution >= 4 is 29.3 Å². The van der Waals surface area contributed by atoms with Crippen LogP contribution in [0.5, 0.6) is 0 Å². The molecule has 9 nitrogen and oxygen atoms in total. The van der Waals surface area contributed by atoms with E-state index in [0.717, 1.165) is 55.5 Å². The van der Waals surface area contributed by atoms with Gasteiger partial charge in [0.1, 0.15) is 11.6 Å². The van der Waals surface area contributed by atoms with E-state index in [9.17, 15) is 24.0 Å². The number of carbonyl (C=O) groups excluding carboxylic acids is 5. The summed E-state index contributed by atoms with van der Waals surface area (Å²) in [5.41, 5.74) is 2.62. The number of rotatable bonds is 9. The second-order valence-corrected chi connectivity index (χ2v) is 27.1. The number of amides is 3. The van der Waals surface area contributed by atoms with Crippen molar-refractivity contribution < 1.29 is 24.0 Å². The van der Waals surface area contributed by atoms with Crippen LogP contribution in [0.25, 0.3) is 0 Å². The van der Waals surface area contributed by atoms with Gasteiger partial charge in [0.15, 0.2) is 0 Å². The van der Waals surface area contributed by atoms with E-state index in [2.05, 4.69) is 134 Å². The highest BCUT2D eigenvalue weighted by Gasteiger charge is 2.30. The number of hydrogen-bond donors (Lipinski definition) is 1. The molecule has 1 unspecified atom stereocenters. The molecule has 0 radical (unpaired) electrons. The van der Waals surface area contributed by atoms with Gasteiger partial charge in [0.2, 0.25) is 17.7 Å². The van der Waals surface area contributed by atoms with Crippen molar-refractivity contribution in [3.05, 3.63) is 12.3 Å². The molecule has 442 valence electrons. The van der Waals surface area contributed by atoms with Crippen molar-refractivity contribution in [2.75, 3.05) is 47.3 Å². The minimum absolute atomic E-state index is 0. The summed E-state index contributed by atoms with van der Waals surface area (Å²) in [5.74, 6) is 5.26. The van der Waals surface area contributed by atoms with Gasteiger partial charge < -0.3 is 29.6 Å². The summed E-state index contributed by atoms with van der Waals surface area (Å²) in [5, 5.41) is 2.58. The molecule has 3 aliphatic rings. The van der Waals surface area contributed by atoms with Gasteiger partial charge in [-0.15, -0.1) is 0 Å². The molecule has 1 atom stereocenters. The fourth-order valence-electron chi connectivity index (χ4n) is 7.98. The number of likely N-dealkylation sites (tertiary alicyclic amines) is 2. The van der Waals surface area contributed by atoms with Crippen LogP contribution in [0.4, 0.5) is 0 Å². The Kier molecular flexibility index (Phi) is 50.5. The van der Waals surface area contributed by atoms with Crippen LogP contribution in [-0.4, -0.2) is 91.3 Å². The van der Waals surface area contributed by atoms with E-state index >= 15 is 0 Å². The second-order valence-electron chi connectivity index (χ2n) is 27.1. The molecule has 73 heavy (non-hydrogen) atoms. The van der Waals surface area contributed by atoms with Crippen LogP contribution in [-0.2, 0) is 24.0 Å². The summed E-state index contributed by atoms with van der Waals surface area (Å²) in [6.07, 6.45) is 14.9. The quantitative estimate of drug-likeness (QED) is 0.247. The number of nitrogens with zero attached hydrogens (tertiary/aromatic N) is 3. The molecule has 3 amide bonds. The highest BCUT2D eigenvalue weighted by molar-refractivity contribution is 5.77. The molecule has 0 bridgehead atoms. The minimum atomic E-state index is 0. The zero-order valence-corrected chi connectivity index (χ0v) is 51.0. The van der Waals surface area contributed by atoms with E-state index < -0.39 is 0 Å². The van der Waals surface area contributed by atoms with Gasteiger partial charge in [-0.25, -0.2) is 0 Å². The van der Waals surface area contributed by atoms with E-state index in [4.69, 9.17) is 0 Å². The predicted molar refractivity (Wildman–Crippen MR) is 327 cm³/mol. The SMILES string of the molecule is C.C.C.C.C=C(C)N1CCC(C(C)C)CC1.CC(=O)CC(C)(C)C.CC(=O)CCC(C)(C)C.CC(=O)N1CCC(C(C)C)C1.CC(C)C1(C)CCCCC1.CN(C)C(=O)CC(C)(C)C.CNC(=O)CC(C)(C)C. The Labute approximate surface area is 460 Å². The molecule has 1 saturated carbocycles. The Bertz CT molecular complexity index is 1420. The third-order valence-corrected chi connectivity index (χ3v) is 13.2. The van der Waals surface area contributed by atoms with Crippen LogP contribution in [0.3, 0.4) is 0 Å². The lowest BCUT2D eigenvalue weighted by Crippen LogP contribution is -2.33. The van der Waals surface area contributed by atoms with Gasteiger partial charge >= 0.3 is 0 Å². The average Bonchev–Trinajstić information content (AvgIpc) is 3.68. The van der Waals surface area contributed by atoms with E-state index in [1.807, 2.05) is 25.7 Å². The molecular weight excluding hydrogens is 905 g/mol. The maximum atomic E-state index is 11.1. The van der Waals surface area contributed by atoms with Crippen LogP contribution in [0.15, 0.2) is 12.3 Å². The van der Waals surface area contributed by atoms with Gasteiger partial charge in [-0.05, 0) is 116 Å². The number of piperidine rings is 1. The molecule has 0 spiro atoms. The van der Waals surface area contributed by atoms with Gasteiger partial charge in [-0.1, -0.05) is 187 Å². The van der Waals surface area contributed by atoms with Crippen molar-refractivity contribution in [2.45, 2.75) is 272 Å². The van der Waals surface area contributed by atoms with Gasteiger partial charge in [-0.2, -0.15) is 0 Å². The standard InChI is InChI=1S/C11H21N.C10H20.C9H17NO.C8H17NO.C8H16O.C7H15NO.C7H14O.4CH4/c1-9(2)11-5-7-12(8-6-11)10(3)4;1-9(2)10(3)7-5-4-6-8-10;1-7(2)9-4-5-10(6-9)8(3)11;1-8(2,3)6-7(10)9(4)5;1-7(9)5-6-8(2,3)4;1-7(2,3)5-6(9)8-4;1-6(8)5-7(2,3)4;;;;/h9,11H,3,5-8H2,1-2,4H3;9H,4-8H2,1-3H3;7,9H,4-6H2,1-3H3;6H2,1-5H3;5-6H2,1-4H3;5H2,1-4H3,(H,8,9);5H2,1-4H3;4*1H4. The predicted octanol–water partition coefficient (Wildman–Crippen LogP) is 17.6. The molecule has 1 N–H and O–H groups in total. The van der Waals surface area contributed by atoms with E-state index in [0.29, 0.717) is 35.9 Å². The molecule has 0 aromatic carbocycles. The first kappa shape index (κ1) is 87.0. The lowest BCUT2D eigenvalue weighted by atomic mass is 9.69. The number of ketones is 2. The maximum absolute atomic E-state index is 11.1. The van der Waals surface area contributed by atoms with Crippen molar-refractivity contribution in [1.82, 2.24) is 20.0 Å². The third-order valence-electron chi connectivity index (χ3n) is 13.2. The van der Waals surface area contributed by atoms with Crippen molar-refractivity contribution in [3.63, 3.8) is 0 Å². The first-order valence-corrected chi connectivity index (χ1v) is 27.0. The van der Waals surface area contributed by atoms with Crippen molar-refractivity contribution in [2.24, 2.45) is 56.7 Å². The zero-order chi connectivity index (χ0) is 55.3. The topological polar surface area (TPSA) is 107 Å². The Morgan fingerprint density at radius 1 is 0.589 bits per heavy atom. The van der Waals surface area contributed by atoms with Crippen LogP contribution >= 0.6 is 0 Å². The average molecular weight is 1040 g/mol. The highest BCUT2D eigenvalue weighted by Crippen LogP contribution is 2.41. The lowest BCUT2D eigenvalue weighted by molar-refractivity contribution is -0.130. The zero-order valence-electron chi connectivity index (χ0n) is 51.0. The molecular formula is C64H136N4O5. The Morgan fingerprint density at radius 3 is 1.15 bits per heavy atom. The van der Waals surface area contributed by atoms with Gasteiger partial charge in [0.05, 0.1) is 0 Å². The van der Waals surface area contributed by atoms with Gasteiger partial charge in [0, 0.05) is 85.6 Å². The molecule has 0 aromatic rings. The third kappa shape index (κ3) is 55.3. The smallest absolute Gasteiger partial charge is 0.222 e. The first-order chi connectivity index (χ1) is 31.0. The Morgan fingerprint density at radius 2 is 0.973 bits per heavy atom. The van der Waals surface area contributed by atoms with Crippen LogP contribution in [0, 0.1) is 56.7 Å². The maximum Gasteiger partial charge on any atom is 0.222 e. The monoisotopic (exact) mass is 1040 g/mol. The van der Waals surface area contributed by atoms with E-state index in [-0.39, 0.29) is 69.5 Å². The summed E-state index contributed by atoms with van der Waals surface area (Å²) in [6, 6.07) is 0. The van der Waals surface area contributed by atoms with E-state index in [1.165, 1.54) is 70.2 Å². The van der Waals surface area contributed by atoms with Crippen LogP contribution in [0.2, 0.25) is 0 Å². The molecule has 2 aliphatic heterocycles.